The molecule has 1 aliphatic carbocycles. The molecule has 332 valence electrons. The molecule has 1 atom stereocenters. The molecule has 8 nitrogen and oxygen atoms in total. The van der Waals surface area contributed by atoms with Crippen LogP contribution in [0, 0.1) is 11.3 Å². The molecule has 0 unspecified atom stereocenters. The number of carbonyl (C=O) groups excluding carboxylic acids is 1. The van der Waals surface area contributed by atoms with Gasteiger partial charge in [-0.1, -0.05) is 73.8 Å². The van der Waals surface area contributed by atoms with E-state index in [9.17, 15) is 21.6 Å². The molecule has 0 radical (unpaired) electrons. The lowest BCUT2D eigenvalue weighted by Crippen LogP contribution is -2.47. The number of carbonyl (C=O) groups is 1. The molecule has 62 heavy (non-hydrogen) atoms. The molecule has 3 aliphatic rings. The van der Waals surface area contributed by atoms with Crippen molar-refractivity contribution in [1.29, 1.82) is 0 Å². The summed E-state index contributed by atoms with van der Waals surface area (Å²) in [4.78, 5) is 21.9. The molecule has 0 N–H and O–H groups in total. The van der Waals surface area contributed by atoms with E-state index in [-0.39, 0.29) is 21.1 Å². The quantitative estimate of drug-likeness (QED) is 0.0758. The normalized spacial score (nSPS) is 18.5. The van der Waals surface area contributed by atoms with Crippen LogP contribution in [0.5, 0.6) is 0 Å². The second-order valence-corrected chi connectivity index (χ2v) is 23.9. The van der Waals surface area contributed by atoms with E-state index in [1.54, 1.807) is 30.0 Å². The van der Waals surface area contributed by atoms with Crippen LogP contribution in [0.15, 0.2) is 117 Å². The van der Waals surface area contributed by atoms with Gasteiger partial charge in [0.25, 0.3) is 0 Å². The van der Waals surface area contributed by atoms with E-state index in [1.807, 2.05) is 42.5 Å². The maximum absolute atomic E-state index is 13.8. The summed E-state index contributed by atoms with van der Waals surface area (Å²) >= 11 is 7.98. The van der Waals surface area contributed by atoms with Gasteiger partial charge < -0.3 is 9.80 Å². The van der Waals surface area contributed by atoms with Crippen LogP contribution in [-0.2, 0) is 26.1 Å². The van der Waals surface area contributed by atoms with Crippen molar-refractivity contribution in [2.45, 2.75) is 79.9 Å². The third kappa shape index (κ3) is 12.6. The number of hydrogen-bond donors (Lipinski definition) is 0. The summed E-state index contributed by atoms with van der Waals surface area (Å²) in [5.74, 6) is -0.278. The van der Waals surface area contributed by atoms with Crippen LogP contribution < -0.4 is 4.90 Å². The number of likely N-dealkylation sites (tertiary alicyclic amines) is 1. The van der Waals surface area contributed by atoms with Gasteiger partial charge >= 0.3 is 0 Å². The maximum atomic E-state index is 13.8. The lowest BCUT2D eigenvalue weighted by Gasteiger charge is -2.39. The van der Waals surface area contributed by atoms with Crippen LogP contribution in [0.25, 0.3) is 5.57 Å². The highest BCUT2D eigenvalue weighted by molar-refractivity contribution is 7.99. The zero-order valence-electron chi connectivity index (χ0n) is 36.5. The summed E-state index contributed by atoms with van der Waals surface area (Å²) in [6.45, 7) is 12.3. The third-order valence-corrected chi connectivity index (χ3v) is 17.2. The summed E-state index contributed by atoms with van der Waals surface area (Å²) in [5.41, 5.74) is 6.43. The Morgan fingerprint density at radius 3 is 2.18 bits per heavy atom. The monoisotopic (exact) mass is 915 g/mol. The van der Waals surface area contributed by atoms with Crippen LogP contribution in [-0.4, -0.2) is 103 Å². The number of thioether (sulfide) groups is 1. The minimum atomic E-state index is -4.14. The number of hydrogen-bond acceptors (Lipinski definition) is 9. The van der Waals surface area contributed by atoms with Crippen molar-refractivity contribution in [2.24, 2.45) is 11.3 Å². The molecule has 7 rings (SSSR count). The molecule has 2 aliphatic heterocycles. The second kappa shape index (κ2) is 20.6. The SMILES string of the molecule is CC1(C)CCC(c2ccc(Cl)cc2)=C(CN2CCN(c3ccc(C(=O)CS(=O)(=O)c4ccc(C[C@H](CCN5CCCCC5)CSc5ccccc5)c(S(C)(=O)=O)c4)cc3)CC2)C1. The molecule has 2 saturated heterocycles. The summed E-state index contributed by atoms with van der Waals surface area (Å²) in [5, 5.41) is 0.753. The number of halogens is 1. The van der Waals surface area contributed by atoms with Crippen molar-refractivity contribution >= 4 is 60.1 Å². The van der Waals surface area contributed by atoms with Crippen LogP contribution >= 0.6 is 23.4 Å². The first-order valence-electron chi connectivity index (χ1n) is 22.2. The Balaban J connectivity index is 0.978. The van der Waals surface area contributed by atoms with Gasteiger partial charge in [0.05, 0.1) is 9.79 Å². The van der Waals surface area contributed by atoms with Crippen LogP contribution in [0.4, 0.5) is 5.69 Å². The van der Waals surface area contributed by atoms with Gasteiger partial charge in [-0.25, -0.2) is 16.8 Å². The van der Waals surface area contributed by atoms with Gasteiger partial charge in [0.15, 0.2) is 25.5 Å². The molecule has 2 fully saturated rings. The Morgan fingerprint density at radius 2 is 1.50 bits per heavy atom. The number of piperidine rings is 1. The number of rotatable bonds is 17. The number of ketones is 1. The van der Waals surface area contributed by atoms with E-state index < -0.39 is 31.2 Å². The first-order valence-corrected chi connectivity index (χ1v) is 27.1. The Morgan fingerprint density at radius 1 is 0.806 bits per heavy atom. The van der Waals surface area contributed by atoms with Crippen LogP contribution in [0.2, 0.25) is 5.02 Å². The molecule has 4 aromatic rings. The molecular formula is C50H62ClN3O5S3. The van der Waals surface area contributed by atoms with Crippen LogP contribution in [0.1, 0.15) is 80.3 Å². The zero-order chi connectivity index (χ0) is 43.9. The Kier molecular flexibility index (Phi) is 15.5. The average Bonchev–Trinajstić information content (AvgIpc) is 3.25. The van der Waals surface area contributed by atoms with E-state index in [2.05, 4.69) is 52.8 Å². The molecule has 2 heterocycles. The molecule has 0 saturated carbocycles. The van der Waals surface area contributed by atoms with Gasteiger partial charge in [-0.15, -0.1) is 11.8 Å². The number of piperazine rings is 1. The van der Waals surface area contributed by atoms with Gasteiger partial charge in [0.1, 0.15) is 5.75 Å². The van der Waals surface area contributed by atoms with Gasteiger partial charge in [-0.3, -0.25) is 9.69 Å². The van der Waals surface area contributed by atoms with Crippen molar-refractivity contribution in [1.82, 2.24) is 9.80 Å². The van der Waals surface area contributed by atoms with Gasteiger partial charge in [0.2, 0.25) is 0 Å². The number of benzene rings is 4. The number of anilines is 1. The van der Waals surface area contributed by atoms with E-state index in [0.717, 1.165) is 99.2 Å². The first-order chi connectivity index (χ1) is 29.6. The number of sulfone groups is 2. The fourth-order valence-electron chi connectivity index (χ4n) is 9.27. The molecular weight excluding hydrogens is 854 g/mol. The van der Waals surface area contributed by atoms with E-state index >= 15 is 0 Å². The Bertz CT molecular complexity index is 2410. The summed E-state index contributed by atoms with van der Waals surface area (Å²) < 4.78 is 54.0. The maximum Gasteiger partial charge on any atom is 0.185 e. The summed E-state index contributed by atoms with van der Waals surface area (Å²) in [7, 11) is -7.91. The van der Waals surface area contributed by atoms with Crippen molar-refractivity contribution in [2.75, 3.05) is 75.0 Å². The van der Waals surface area contributed by atoms with Crippen molar-refractivity contribution < 1.29 is 21.6 Å². The minimum Gasteiger partial charge on any atom is -0.369 e. The lowest BCUT2D eigenvalue weighted by atomic mass is 9.73. The highest BCUT2D eigenvalue weighted by Gasteiger charge is 2.30. The molecule has 0 amide bonds. The molecule has 12 heteroatoms. The minimum absolute atomic E-state index is 0.0180. The van der Waals surface area contributed by atoms with E-state index in [0.29, 0.717) is 17.5 Å². The third-order valence-electron chi connectivity index (χ3n) is 12.9. The van der Waals surface area contributed by atoms with E-state index in [1.165, 1.54) is 54.5 Å². The Hall–Kier alpha value is -3.45. The predicted molar refractivity (Wildman–Crippen MR) is 256 cm³/mol. The largest absolute Gasteiger partial charge is 0.369 e. The van der Waals surface area contributed by atoms with Crippen molar-refractivity contribution in [3.8, 4) is 0 Å². The fraction of sp³-hybridized carbons (Fsp3) is 0.460. The van der Waals surface area contributed by atoms with Crippen LogP contribution in [0.3, 0.4) is 0 Å². The molecule has 0 bridgehead atoms. The Labute approximate surface area is 380 Å². The highest BCUT2D eigenvalue weighted by Crippen LogP contribution is 2.43. The first kappa shape index (κ1) is 46.5. The molecule has 0 spiro atoms. The second-order valence-electron chi connectivity index (χ2n) is 18.3. The fourth-order valence-corrected chi connectivity index (χ4v) is 12.8. The number of nitrogens with zero attached hydrogens (tertiary/aromatic N) is 3. The predicted octanol–water partition coefficient (Wildman–Crippen LogP) is 10.0. The van der Waals surface area contributed by atoms with Gasteiger partial charge in [-0.2, -0.15) is 0 Å². The summed E-state index contributed by atoms with van der Waals surface area (Å²) in [6, 6.07) is 30.0. The standard InChI is InChI=1S/C50H62ClN3O5S3/c1-50(2)24-22-47(39-12-17-43(51)18-13-39)42(34-50)35-53-28-30-54(31-29-53)44-19-14-40(15-20-44)48(55)37-62(58,59)46-21-16-41(49(33-46)61(3,56)57)32-38(23-27-52-25-8-5-9-26-52)36-60-45-10-6-4-7-11-45/h4,6-7,10-21,33,38H,5,8-9,22-32,34-37H2,1-3H3/t38-/m0/s1. The van der Waals surface area contributed by atoms with Crippen molar-refractivity contribution in [3.63, 3.8) is 0 Å². The smallest absolute Gasteiger partial charge is 0.185 e. The summed E-state index contributed by atoms with van der Waals surface area (Å²) in [6.07, 6.45) is 9.54. The average molecular weight is 917 g/mol. The molecule has 4 aromatic carbocycles. The highest BCUT2D eigenvalue weighted by atomic mass is 35.5. The zero-order valence-corrected chi connectivity index (χ0v) is 39.7. The lowest BCUT2D eigenvalue weighted by molar-refractivity contribution is 0.102. The van der Waals surface area contributed by atoms with Crippen molar-refractivity contribution in [3.05, 3.63) is 124 Å². The number of allylic oxidation sites excluding steroid dienone is 1. The number of Topliss-reactive ketones (excluding diaryl/α,β-unsaturated/α-hetero) is 1. The van der Waals surface area contributed by atoms with Gasteiger partial charge in [0, 0.05) is 65.9 Å². The topological polar surface area (TPSA) is 95.1 Å². The van der Waals surface area contributed by atoms with E-state index in [4.69, 9.17) is 11.6 Å². The van der Waals surface area contributed by atoms with Gasteiger partial charge in [-0.05, 0) is 153 Å². The molecule has 0 aromatic heterocycles.